The molecule has 98 valence electrons. The van der Waals surface area contributed by atoms with Crippen LogP contribution in [0, 0.1) is 0 Å². The minimum atomic E-state index is -0.220. The molecule has 18 heavy (non-hydrogen) atoms. The molecule has 0 bridgehead atoms. The highest BCUT2D eigenvalue weighted by Gasteiger charge is 2.41. The second-order valence-corrected chi connectivity index (χ2v) is 5.40. The fourth-order valence-electron chi connectivity index (χ4n) is 2.63. The molecule has 0 saturated carbocycles. The van der Waals surface area contributed by atoms with Gasteiger partial charge in [0.25, 0.3) is 0 Å². The van der Waals surface area contributed by atoms with Gasteiger partial charge in [-0.15, -0.1) is 0 Å². The highest BCUT2D eigenvalue weighted by molar-refractivity contribution is 5.42. The summed E-state index contributed by atoms with van der Waals surface area (Å²) >= 11 is 0. The van der Waals surface area contributed by atoms with Crippen molar-refractivity contribution in [3.05, 3.63) is 29.8 Å². The van der Waals surface area contributed by atoms with Gasteiger partial charge < -0.3 is 9.47 Å². The van der Waals surface area contributed by atoms with Gasteiger partial charge in [-0.05, 0) is 19.9 Å². The van der Waals surface area contributed by atoms with E-state index in [2.05, 4.69) is 36.4 Å². The van der Waals surface area contributed by atoms with Gasteiger partial charge in [0.2, 0.25) is 0 Å². The van der Waals surface area contributed by atoms with E-state index < -0.39 is 0 Å². The third-order valence-electron chi connectivity index (χ3n) is 3.62. The molecule has 4 nitrogen and oxygen atoms in total. The lowest BCUT2D eigenvalue weighted by molar-refractivity contribution is -0.0187. The van der Waals surface area contributed by atoms with Crippen LogP contribution in [0.4, 0.5) is 0 Å². The van der Waals surface area contributed by atoms with Crippen molar-refractivity contribution >= 4 is 0 Å². The molecule has 2 aliphatic rings. The summed E-state index contributed by atoms with van der Waals surface area (Å²) in [5.74, 6) is 0.994. The van der Waals surface area contributed by atoms with Crippen LogP contribution in [0.1, 0.15) is 25.5 Å². The first kappa shape index (κ1) is 12.0. The Morgan fingerprint density at radius 2 is 1.94 bits per heavy atom. The van der Waals surface area contributed by atoms with E-state index in [1.54, 1.807) is 0 Å². The molecule has 1 fully saturated rings. The Hall–Kier alpha value is -1.10. The van der Waals surface area contributed by atoms with Gasteiger partial charge >= 0.3 is 0 Å². The van der Waals surface area contributed by atoms with E-state index in [0.29, 0.717) is 0 Å². The maximum Gasteiger partial charge on any atom is 0.125 e. The van der Waals surface area contributed by atoms with Gasteiger partial charge in [-0.2, -0.15) is 0 Å². The molecule has 2 aliphatic heterocycles. The molecule has 0 aliphatic carbocycles. The Labute approximate surface area is 108 Å². The Bertz CT molecular complexity index is 428. The van der Waals surface area contributed by atoms with Crippen molar-refractivity contribution in [2.75, 3.05) is 26.3 Å². The number of morpholine rings is 1. The first-order chi connectivity index (χ1) is 8.67. The van der Waals surface area contributed by atoms with Gasteiger partial charge in [-0.25, -0.2) is 10.4 Å². The zero-order valence-corrected chi connectivity index (χ0v) is 11.0. The number of rotatable bonds is 2. The molecular weight excluding hydrogens is 228 g/mol. The Morgan fingerprint density at radius 1 is 1.22 bits per heavy atom. The fraction of sp³-hybridized carbons (Fsp3) is 0.571. The molecule has 1 unspecified atom stereocenters. The lowest BCUT2D eigenvalue weighted by Crippen LogP contribution is -2.51. The number of hydrogen-bond donors (Lipinski definition) is 1. The monoisotopic (exact) mass is 248 g/mol. The summed E-state index contributed by atoms with van der Waals surface area (Å²) in [6, 6.07) is 8.47. The summed E-state index contributed by atoms with van der Waals surface area (Å²) in [5.41, 5.74) is 4.62. The van der Waals surface area contributed by atoms with E-state index in [1.165, 1.54) is 5.56 Å². The normalized spacial score (nSPS) is 26.7. The predicted molar refractivity (Wildman–Crippen MR) is 69.4 cm³/mol. The Balaban J connectivity index is 1.81. The van der Waals surface area contributed by atoms with E-state index in [-0.39, 0.29) is 11.6 Å². The van der Waals surface area contributed by atoms with Crippen LogP contribution in [0.2, 0.25) is 0 Å². The third-order valence-corrected chi connectivity index (χ3v) is 3.62. The van der Waals surface area contributed by atoms with E-state index in [4.69, 9.17) is 9.47 Å². The molecule has 0 amide bonds. The van der Waals surface area contributed by atoms with Crippen LogP contribution < -0.4 is 10.2 Å². The van der Waals surface area contributed by atoms with Crippen LogP contribution in [0.25, 0.3) is 0 Å². The van der Waals surface area contributed by atoms with Crippen LogP contribution in [0.3, 0.4) is 0 Å². The molecule has 1 aromatic carbocycles. The van der Waals surface area contributed by atoms with Crippen LogP contribution in [-0.2, 0) is 4.74 Å². The minimum Gasteiger partial charge on any atom is -0.485 e. The number of nitrogens with one attached hydrogen (secondary N) is 1. The van der Waals surface area contributed by atoms with Crippen molar-refractivity contribution in [1.82, 2.24) is 10.4 Å². The maximum atomic E-state index is 6.03. The lowest BCUT2D eigenvalue weighted by atomic mass is 9.95. The molecule has 3 rings (SSSR count). The minimum absolute atomic E-state index is 0.201. The zero-order chi connectivity index (χ0) is 12.6. The Morgan fingerprint density at radius 3 is 2.72 bits per heavy atom. The second-order valence-electron chi connectivity index (χ2n) is 5.40. The number of hydrogen-bond acceptors (Lipinski definition) is 4. The van der Waals surface area contributed by atoms with Crippen LogP contribution in [-0.4, -0.2) is 36.9 Å². The van der Waals surface area contributed by atoms with Gasteiger partial charge in [0.15, 0.2) is 0 Å². The maximum absolute atomic E-state index is 6.03. The SMILES string of the molecule is CC1(C)Oc2ccccc2C1NN1CCOCC1. The van der Waals surface area contributed by atoms with Gasteiger partial charge in [-0.1, -0.05) is 18.2 Å². The lowest BCUT2D eigenvalue weighted by Gasteiger charge is -2.35. The van der Waals surface area contributed by atoms with Crippen LogP contribution in [0.15, 0.2) is 24.3 Å². The predicted octanol–water partition coefficient (Wildman–Crippen LogP) is 1.74. The van der Waals surface area contributed by atoms with Crippen molar-refractivity contribution in [3.63, 3.8) is 0 Å². The van der Waals surface area contributed by atoms with Crippen LogP contribution in [0.5, 0.6) is 5.75 Å². The molecule has 0 aromatic heterocycles. The fourth-order valence-corrected chi connectivity index (χ4v) is 2.63. The number of ether oxygens (including phenoxy) is 2. The molecule has 1 N–H and O–H groups in total. The average molecular weight is 248 g/mol. The van der Waals surface area contributed by atoms with Gasteiger partial charge in [0, 0.05) is 18.7 Å². The first-order valence-electron chi connectivity index (χ1n) is 6.54. The zero-order valence-electron chi connectivity index (χ0n) is 11.0. The number of fused-ring (bicyclic) bond motifs is 1. The highest BCUT2D eigenvalue weighted by atomic mass is 16.5. The number of nitrogens with zero attached hydrogens (tertiary/aromatic N) is 1. The van der Waals surface area contributed by atoms with E-state index in [9.17, 15) is 0 Å². The molecule has 1 saturated heterocycles. The summed E-state index contributed by atoms with van der Waals surface area (Å²) in [6.07, 6.45) is 0. The summed E-state index contributed by atoms with van der Waals surface area (Å²) in [6.45, 7) is 7.70. The molecule has 2 heterocycles. The standard InChI is InChI=1S/C14H20N2O2/c1-14(2)13(15-16-7-9-17-10-8-16)11-5-3-4-6-12(11)18-14/h3-6,13,15H,7-10H2,1-2H3. The topological polar surface area (TPSA) is 33.7 Å². The van der Waals surface area contributed by atoms with Gasteiger partial charge in [0.1, 0.15) is 11.4 Å². The van der Waals surface area contributed by atoms with Gasteiger partial charge in [-0.3, -0.25) is 0 Å². The summed E-state index contributed by atoms with van der Waals surface area (Å²) < 4.78 is 11.4. The number of para-hydroxylation sites is 1. The average Bonchev–Trinajstić information content (AvgIpc) is 2.62. The first-order valence-corrected chi connectivity index (χ1v) is 6.54. The molecule has 4 heteroatoms. The van der Waals surface area contributed by atoms with Crippen molar-refractivity contribution in [2.45, 2.75) is 25.5 Å². The van der Waals surface area contributed by atoms with Crippen molar-refractivity contribution in [2.24, 2.45) is 0 Å². The van der Waals surface area contributed by atoms with Gasteiger partial charge in [0.05, 0.1) is 19.3 Å². The van der Waals surface area contributed by atoms with Crippen LogP contribution >= 0.6 is 0 Å². The van der Waals surface area contributed by atoms with Crippen molar-refractivity contribution in [3.8, 4) is 5.75 Å². The molecule has 0 radical (unpaired) electrons. The molecule has 0 spiro atoms. The Kier molecular flexibility index (Phi) is 3.01. The smallest absolute Gasteiger partial charge is 0.125 e. The van der Waals surface area contributed by atoms with Crippen molar-refractivity contribution < 1.29 is 9.47 Å². The summed E-state index contributed by atoms with van der Waals surface area (Å²) in [5, 5.41) is 2.24. The van der Waals surface area contributed by atoms with E-state index in [0.717, 1.165) is 32.1 Å². The molecule has 1 atom stereocenters. The quantitative estimate of drug-likeness (QED) is 0.864. The largest absolute Gasteiger partial charge is 0.485 e. The second kappa shape index (κ2) is 4.53. The third kappa shape index (κ3) is 2.11. The number of benzene rings is 1. The summed E-state index contributed by atoms with van der Waals surface area (Å²) in [7, 11) is 0. The summed E-state index contributed by atoms with van der Waals surface area (Å²) in [4.78, 5) is 0. The molecular formula is C14H20N2O2. The van der Waals surface area contributed by atoms with E-state index >= 15 is 0 Å². The molecule has 1 aromatic rings. The van der Waals surface area contributed by atoms with Crippen molar-refractivity contribution in [1.29, 1.82) is 0 Å². The van der Waals surface area contributed by atoms with E-state index in [1.807, 2.05) is 12.1 Å². The number of hydrazine groups is 1. The highest BCUT2D eigenvalue weighted by Crippen LogP contribution is 2.42.